The number of thiazole rings is 1. The van der Waals surface area contributed by atoms with Crippen molar-refractivity contribution in [2.45, 2.75) is 44.4 Å². The first-order valence-electron chi connectivity index (χ1n) is 14.7. The maximum atomic E-state index is 13.5. The van der Waals surface area contributed by atoms with Gasteiger partial charge in [-0.25, -0.2) is 4.98 Å². The van der Waals surface area contributed by atoms with Crippen molar-refractivity contribution in [2.24, 2.45) is 0 Å². The zero-order valence-electron chi connectivity index (χ0n) is 25.0. The fraction of sp³-hybridized carbons (Fsp3) is 0.438. The third-order valence-corrected chi connectivity index (χ3v) is 8.33. The Morgan fingerprint density at radius 3 is 2.82 bits per heavy atom. The minimum atomic E-state index is -0.476. The summed E-state index contributed by atoms with van der Waals surface area (Å²) in [6.45, 7) is 1.76. The lowest BCUT2D eigenvalue weighted by atomic mass is 10.0. The molecule has 4 bridgehead atoms. The molecule has 1 aromatic heterocycles. The number of methoxy groups -OCH3 is 2. The van der Waals surface area contributed by atoms with Gasteiger partial charge in [-0.2, -0.15) is 0 Å². The van der Waals surface area contributed by atoms with Gasteiger partial charge in [-0.3, -0.25) is 14.4 Å². The summed E-state index contributed by atoms with van der Waals surface area (Å²) in [5.74, 6) is 1.13. The van der Waals surface area contributed by atoms with Crippen molar-refractivity contribution in [3.8, 4) is 17.2 Å². The van der Waals surface area contributed by atoms with Crippen LogP contribution in [0.15, 0.2) is 53.4 Å². The van der Waals surface area contributed by atoms with Gasteiger partial charge < -0.3 is 34.1 Å². The quantitative estimate of drug-likeness (QED) is 0.414. The van der Waals surface area contributed by atoms with Crippen molar-refractivity contribution < 1.29 is 33.3 Å². The monoisotopic (exact) mass is 622 g/mol. The van der Waals surface area contributed by atoms with E-state index in [2.05, 4.69) is 10.3 Å². The molecule has 1 saturated heterocycles. The summed E-state index contributed by atoms with van der Waals surface area (Å²) in [5, 5.41) is 4.80. The molecule has 0 spiro atoms. The molecule has 3 aliphatic heterocycles. The molecular formula is C32H38N4O7S. The normalized spacial score (nSPS) is 19.7. The van der Waals surface area contributed by atoms with E-state index in [1.807, 2.05) is 42.5 Å². The van der Waals surface area contributed by atoms with Crippen molar-refractivity contribution in [3.05, 3.63) is 70.2 Å². The highest BCUT2D eigenvalue weighted by atomic mass is 32.1. The lowest BCUT2D eigenvalue weighted by Crippen LogP contribution is -2.58. The summed E-state index contributed by atoms with van der Waals surface area (Å²) in [6.07, 6.45) is 1.46. The van der Waals surface area contributed by atoms with Gasteiger partial charge in [0.05, 0.1) is 37.9 Å². The number of hydrogen-bond donors (Lipinski definition) is 1. The van der Waals surface area contributed by atoms with Crippen LogP contribution in [0.4, 0.5) is 0 Å². The number of carbonyl (C=O) groups is 3. The Kier molecular flexibility index (Phi) is 10.8. The average Bonchev–Trinajstić information content (AvgIpc) is 3.58. The fourth-order valence-electron chi connectivity index (χ4n) is 5.44. The minimum Gasteiger partial charge on any atom is -0.493 e. The highest BCUT2D eigenvalue weighted by molar-refractivity contribution is 7.07. The Morgan fingerprint density at radius 1 is 1.14 bits per heavy atom. The molecule has 3 amide bonds. The highest BCUT2D eigenvalue weighted by Gasteiger charge is 2.34. The third-order valence-electron chi connectivity index (χ3n) is 7.74. The molecule has 3 aromatic rings. The SMILES string of the molecule is COCCCN1CC(=O)N[C@H]2CN(C(=O)c3cscn3)CC[C@H]2OCc2cccc(c2)Oc2ccc(cc2OC)CCC1=O. The summed E-state index contributed by atoms with van der Waals surface area (Å²) < 4.78 is 23.3. The van der Waals surface area contributed by atoms with Gasteiger partial charge >= 0.3 is 0 Å². The van der Waals surface area contributed by atoms with Crippen LogP contribution in [0.25, 0.3) is 0 Å². The van der Waals surface area contributed by atoms with Gasteiger partial charge in [-0.15, -0.1) is 11.3 Å². The van der Waals surface area contributed by atoms with E-state index in [1.165, 1.54) is 11.3 Å². The molecule has 44 heavy (non-hydrogen) atoms. The van der Waals surface area contributed by atoms with Crippen LogP contribution >= 0.6 is 11.3 Å². The number of aryl methyl sites for hydroxylation is 1. The Balaban J connectivity index is 1.41. The predicted molar refractivity (Wildman–Crippen MR) is 164 cm³/mol. The standard InChI is InChI=1S/C32H38N4O7S/c1-40-14-4-12-35-18-30(37)34-25-17-36(32(39)26-20-44-21-33-26)13-11-27(25)42-19-23-5-3-6-24(15-23)43-28-9-7-22(8-10-31(35)38)16-29(28)41-2/h3,5-7,9,15-16,20-21,25,27H,4,8,10-14,17-19H2,1-2H3,(H,34,37)/t25-,27+/m0/s1. The number of rotatable bonds is 6. The van der Waals surface area contributed by atoms with Crippen LogP contribution in [0, 0.1) is 0 Å². The molecule has 4 heterocycles. The lowest BCUT2D eigenvalue weighted by molar-refractivity contribution is -0.137. The van der Waals surface area contributed by atoms with Crippen LogP contribution in [0.3, 0.4) is 0 Å². The van der Waals surface area contributed by atoms with Gasteiger partial charge in [-0.1, -0.05) is 18.2 Å². The molecule has 0 saturated carbocycles. The number of benzene rings is 2. The number of aromatic nitrogens is 1. The third kappa shape index (κ3) is 8.13. The first-order chi connectivity index (χ1) is 21.4. The summed E-state index contributed by atoms with van der Waals surface area (Å²) in [6, 6.07) is 12.8. The number of piperidine rings is 1. The number of nitrogens with zero attached hydrogens (tertiary/aromatic N) is 3. The van der Waals surface area contributed by atoms with Crippen molar-refractivity contribution in [1.82, 2.24) is 20.1 Å². The lowest BCUT2D eigenvalue weighted by Gasteiger charge is -2.39. The number of nitrogens with one attached hydrogen (secondary N) is 1. The van der Waals surface area contributed by atoms with Crippen molar-refractivity contribution in [1.29, 1.82) is 0 Å². The Labute approximate surface area is 261 Å². The molecule has 12 heteroatoms. The van der Waals surface area contributed by atoms with Gasteiger partial charge in [0.2, 0.25) is 11.8 Å². The van der Waals surface area contributed by atoms with E-state index in [1.54, 1.807) is 34.9 Å². The van der Waals surface area contributed by atoms with Gasteiger partial charge in [-0.05, 0) is 54.7 Å². The predicted octanol–water partition coefficient (Wildman–Crippen LogP) is 3.67. The van der Waals surface area contributed by atoms with Crippen LogP contribution in [0.1, 0.15) is 40.9 Å². The molecule has 1 N–H and O–H groups in total. The molecular weight excluding hydrogens is 584 g/mol. The second kappa shape index (κ2) is 15.1. The Hall–Kier alpha value is -4.00. The van der Waals surface area contributed by atoms with Crippen LogP contribution in [-0.2, 0) is 32.1 Å². The average molecular weight is 623 g/mol. The van der Waals surface area contributed by atoms with E-state index >= 15 is 0 Å². The maximum absolute atomic E-state index is 13.5. The molecule has 2 atom stereocenters. The summed E-state index contributed by atoms with van der Waals surface area (Å²) in [5.41, 5.74) is 3.82. The molecule has 1 fully saturated rings. The fourth-order valence-corrected chi connectivity index (χ4v) is 5.97. The van der Waals surface area contributed by atoms with E-state index in [0.717, 1.165) is 11.1 Å². The summed E-state index contributed by atoms with van der Waals surface area (Å²) >= 11 is 1.36. The second-order valence-electron chi connectivity index (χ2n) is 10.8. The number of hydrogen-bond acceptors (Lipinski definition) is 9. The Morgan fingerprint density at radius 2 is 2.02 bits per heavy atom. The zero-order valence-corrected chi connectivity index (χ0v) is 25.8. The molecule has 6 rings (SSSR count). The number of carbonyl (C=O) groups excluding carboxylic acids is 3. The number of ether oxygens (including phenoxy) is 4. The molecule has 234 valence electrons. The topological polar surface area (TPSA) is 120 Å². The molecule has 0 aliphatic carbocycles. The number of amides is 3. The van der Waals surface area contributed by atoms with Crippen molar-refractivity contribution >= 4 is 29.1 Å². The van der Waals surface area contributed by atoms with E-state index in [4.69, 9.17) is 18.9 Å². The van der Waals surface area contributed by atoms with E-state index in [9.17, 15) is 14.4 Å². The first kappa shape index (κ1) is 31.4. The second-order valence-corrected chi connectivity index (χ2v) is 11.6. The minimum absolute atomic E-state index is 0.107. The van der Waals surface area contributed by atoms with Crippen LogP contribution in [0.5, 0.6) is 17.2 Å². The first-order valence-corrected chi connectivity index (χ1v) is 15.7. The van der Waals surface area contributed by atoms with Crippen molar-refractivity contribution in [3.63, 3.8) is 0 Å². The summed E-state index contributed by atoms with van der Waals surface area (Å²) in [4.78, 5) is 47.4. The molecule has 0 unspecified atom stereocenters. The molecule has 3 aliphatic rings. The summed E-state index contributed by atoms with van der Waals surface area (Å²) in [7, 11) is 3.19. The molecule has 2 aromatic carbocycles. The zero-order chi connectivity index (χ0) is 30.9. The molecule has 0 radical (unpaired) electrons. The van der Waals surface area contributed by atoms with E-state index < -0.39 is 6.04 Å². The number of likely N-dealkylation sites (tertiary alicyclic amines) is 1. The molecule has 11 nitrogen and oxygen atoms in total. The Bertz CT molecular complexity index is 1430. The number of fused-ring (bicyclic) bond motifs is 9. The van der Waals surface area contributed by atoms with Gasteiger partial charge in [0.1, 0.15) is 11.4 Å². The van der Waals surface area contributed by atoms with Crippen molar-refractivity contribution in [2.75, 3.05) is 47.0 Å². The van der Waals surface area contributed by atoms with Crippen LogP contribution < -0.4 is 14.8 Å². The van der Waals surface area contributed by atoms with Gasteiger partial charge in [0.25, 0.3) is 5.91 Å². The highest BCUT2D eigenvalue weighted by Crippen LogP contribution is 2.33. The van der Waals surface area contributed by atoms with Gasteiger partial charge in [0, 0.05) is 45.2 Å². The smallest absolute Gasteiger partial charge is 0.273 e. The van der Waals surface area contributed by atoms with Gasteiger partial charge in [0.15, 0.2) is 11.5 Å². The largest absolute Gasteiger partial charge is 0.493 e. The van der Waals surface area contributed by atoms with Crippen LogP contribution in [0.2, 0.25) is 0 Å². The maximum Gasteiger partial charge on any atom is 0.273 e. The van der Waals surface area contributed by atoms with Crippen LogP contribution in [-0.4, -0.2) is 91.7 Å². The van der Waals surface area contributed by atoms with E-state index in [-0.39, 0.29) is 49.9 Å². The van der Waals surface area contributed by atoms with E-state index in [0.29, 0.717) is 61.9 Å².